The van der Waals surface area contributed by atoms with E-state index in [2.05, 4.69) is 5.16 Å². The molecule has 0 spiro atoms. The smallest absolute Gasteiger partial charge is 0.136 e. The van der Waals surface area contributed by atoms with E-state index in [9.17, 15) is 4.79 Å². The third kappa shape index (κ3) is 2.18. The fourth-order valence-corrected chi connectivity index (χ4v) is 0.935. The summed E-state index contributed by atoms with van der Waals surface area (Å²) in [7, 11) is 0. The molecule has 1 aromatic rings. The van der Waals surface area contributed by atoms with Crippen LogP contribution in [0.5, 0.6) is 0 Å². The highest BCUT2D eigenvalue weighted by Crippen LogP contribution is 2.08. The minimum atomic E-state index is 0.616. The molecule has 0 aliphatic carbocycles. The van der Waals surface area contributed by atoms with E-state index in [1.807, 2.05) is 6.92 Å². The van der Waals surface area contributed by atoms with Gasteiger partial charge in [-0.3, -0.25) is 0 Å². The number of aryl methyl sites for hydroxylation is 2. The second-order valence-electron chi connectivity index (χ2n) is 2.47. The molecule has 0 N–H and O–H groups in total. The first-order valence-corrected chi connectivity index (χ1v) is 3.68. The van der Waals surface area contributed by atoms with Gasteiger partial charge in [0.25, 0.3) is 0 Å². The van der Waals surface area contributed by atoms with Crippen molar-refractivity contribution in [3.8, 4) is 0 Å². The molecule has 0 bridgehead atoms. The summed E-state index contributed by atoms with van der Waals surface area (Å²) in [5, 5.41) is 3.64. The number of aldehydes is 1. The molecule has 0 atom stereocenters. The van der Waals surface area contributed by atoms with E-state index in [1.165, 1.54) is 0 Å². The number of carbonyl (C=O) groups is 1. The lowest BCUT2D eigenvalue weighted by atomic mass is 10.1. The molecule has 11 heavy (non-hydrogen) atoms. The minimum absolute atomic E-state index is 0.616. The number of unbranched alkanes of at least 4 members (excludes halogenated alkanes) is 1. The van der Waals surface area contributed by atoms with Gasteiger partial charge in [0.05, 0.1) is 6.20 Å². The summed E-state index contributed by atoms with van der Waals surface area (Å²) >= 11 is 0. The maximum absolute atomic E-state index is 9.98. The van der Waals surface area contributed by atoms with E-state index in [0.717, 1.165) is 30.5 Å². The molecule has 3 nitrogen and oxygen atoms in total. The second-order valence-corrected chi connectivity index (χ2v) is 2.47. The lowest BCUT2D eigenvalue weighted by molar-refractivity contribution is -0.107. The van der Waals surface area contributed by atoms with Crippen molar-refractivity contribution in [2.45, 2.75) is 26.2 Å². The Kier molecular flexibility index (Phi) is 2.83. The maximum atomic E-state index is 9.98. The van der Waals surface area contributed by atoms with E-state index in [-0.39, 0.29) is 0 Å². The molecule has 3 heteroatoms. The van der Waals surface area contributed by atoms with Crippen LogP contribution < -0.4 is 0 Å². The first kappa shape index (κ1) is 7.98. The van der Waals surface area contributed by atoms with Gasteiger partial charge >= 0.3 is 0 Å². The molecule has 0 aromatic carbocycles. The maximum Gasteiger partial charge on any atom is 0.136 e. The monoisotopic (exact) mass is 153 g/mol. The van der Waals surface area contributed by atoms with Crippen LogP contribution in [0.15, 0.2) is 10.7 Å². The van der Waals surface area contributed by atoms with Crippen LogP contribution in [0.2, 0.25) is 0 Å². The highest BCUT2D eigenvalue weighted by atomic mass is 16.5. The fourth-order valence-electron chi connectivity index (χ4n) is 0.935. The zero-order valence-corrected chi connectivity index (χ0v) is 6.54. The molecule has 0 aliphatic rings. The van der Waals surface area contributed by atoms with Crippen molar-refractivity contribution < 1.29 is 9.32 Å². The topological polar surface area (TPSA) is 43.1 Å². The van der Waals surface area contributed by atoms with Crippen molar-refractivity contribution in [2.24, 2.45) is 0 Å². The molecule has 0 fully saturated rings. The Labute approximate surface area is 65.4 Å². The fraction of sp³-hybridized carbons (Fsp3) is 0.500. The summed E-state index contributed by atoms with van der Waals surface area (Å²) in [5.74, 6) is 0.857. The van der Waals surface area contributed by atoms with Crippen LogP contribution in [0, 0.1) is 6.92 Å². The first-order valence-electron chi connectivity index (χ1n) is 3.68. The van der Waals surface area contributed by atoms with Crippen molar-refractivity contribution in [1.29, 1.82) is 0 Å². The Balaban J connectivity index is 2.38. The molecule has 0 aliphatic heterocycles. The Hall–Kier alpha value is -1.12. The summed E-state index contributed by atoms with van der Waals surface area (Å²) < 4.78 is 4.86. The SMILES string of the molecule is Cc1oncc1CCCC=O. The summed E-state index contributed by atoms with van der Waals surface area (Å²) in [6.07, 6.45) is 5.02. The largest absolute Gasteiger partial charge is 0.361 e. The minimum Gasteiger partial charge on any atom is -0.361 e. The Morgan fingerprint density at radius 3 is 3.09 bits per heavy atom. The lowest BCUT2D eigenvalue weighted by Gasteiger charge is -1.92. The van der Waals surface area contributed by atoms with Crippen LogP contribution in [-0.2, 0) is 11.2 Å². The number of hydrogen-bond donors (Lipinski definition) is 0. The second kappa shape index (κ2) is 3.91. The first-order chi connectivity index (χ1) is 5.34. The van der Waals surface area contributed by atoms with Gasteiger partial charge in [-0.05, 0) is 19.8 Å². The van der Waals surface area contributed by atoms with E-state index in [4.69, 9.17) is 4.52 Å². The lowest BCUT2D eigenvalue weighted by Crippen LogP contribution is -1.85. The van der Waals surface area contributed by atoms with Crippen molar-refractivity contribution in [1.82, 2.24) is 5.16 Å². The van der Waals surface area contributed by atoms with Crippen molar-refractivity contribution in [2.75, 3.05) is 0 Å². The summed E-state index contributed by atoms with van der Waals surface area (Å²) in [5.41, 5.74) is 1.10. The Bertz CT molecular complexity index is 230. The average molecular weight is 153 g/mol. The van der Waals surface area contributed by atoms with Gasteiger partial charge in [-0.2, -0.15) is 0 Å². The van der Waals surface area contributed by atoms with Gasteiger partial charge in [0.2, 0.25) is 0 Å². The molecule has 60 valence electrons. The number of aromatic nitrogens is 1. The average Bonchev–Trinajstić information content (AvgIpc) is 2.37. The molecule has 1 aromatic heterocycles. The number of carbonyl (C=O) groups excluding carboxylic acids is 1. The molecule has 1 rings (SSSR count). The molecular weight excluding hydrogens is 142 g/mol. The predicted octanol–water partition coefficient (Wildman–Crippen LogP) is 1.50. The van der Waals surface area contributed by atoms with Gasteiger partial charge in [0.15, 0.2) is 0 Å². The molecule has 0 saturated carbocycles. The zero-order chi connectivity index (χ0) is 8.10. The number of rotatable bonds is 4. The quantitative estimate of drug-likeness (QED) is 0.486. The van der Waals surface area contributed by atoms with Crippen LogP contribution >= 0.6 is 0 Å². The highest BCUT2D eigenvalue weighted by Gasteiger charge is 2.00. The van der Waals surface area contributed by atoms with Gasteiger partial charge in [0.1, 0.15) is 12.0 Å². The van der Waals surface area contributed by atoms with Crippen LogP contribution in [0.4, 0.5) is 0 Å². The number of hydrogen-bond acceptors (Lipinski definition) is 3. The molecule has 0 amide bonds. The molecule has 1 heterocycles. The van der Waals surface area contributed by atoms with Crippen LogP contribution in [0.25, 0.3) is 0 Å². The van der Waals surface area contributed by atoms with Crippen molar-refractivity contribution in [3.63, 3.8) is 0 Å². The standard InChI is InChI=1S/C8H11NO2/c1-7-8(6-9-11-7)4-2-3-5-10/h5-6H,2-4H2,1H3. The summed E-state index contributed by atoms with van der Waals surface area (Å²) in [6, 6.07) is 0. The third-order valence-electron chi connectivity index (χ3n) is 1.62. The van der Waals surface area contributed by atoms with Crippen LogP contribution in [0.3, 0.4) is 0 Å². The van der Waals surface area contributed by atoms with E-state index >= 15 is 0 Å². The Morgan fingerprint density at radius 1 is 1.73 bits per heavy atom. The molecule has 0 unspecified atom stereocenters. The molecule has 0 radical (unpaired) electrons. The van der Waals surface area contributed by atoms with E-state index in [0.29, 0.717) is 6.42 Å². The van der Waals surface area contributed by atoms with E-state index < -0.39 is 0 Å². The van der Waals surface area contributed by atoms with Gasteiger partial charge in [-0.1, -0.05) is 5.16 Å². The third-order valence-corrected chi connectivity index (χ3v) is 1.62. The van der Waals surface area contributed by atoms with Crippen LogP contribution in [-0.4, -0.2) is 11.4 Å². The van der Waals surface area contributed by atoms with Crippen molar-refractivity contribution >= 4 is 6.29 Å². The highest BCUT2D eigenvalue weighted by molar-refractivity contribution is 5.49. The van der Waals surface area contributed by atoms with Gasteiger partial charge in [-0.15, -0.1) is 0 Å². The van der Waals surface area contributed by atoms with Gasteiger partial charge in [0, 0.05) is 12.0 Å². The Morgan fingerprint density at radius 2 is 2.55 bits per heavy atom. The predicted molar refractivity (Wildman–Crippen MR) is 40.2 cm³/mol. The van der Waals surface area contributed by atoms with E-state index in [1.54, 1.807) is 6.20 Å². The normalized spacial score (nSPS) is 9.91. The zero-order valence-electron chi connectivity index (χ0n) is 6.54. The van der Waals surface area contributed by atoms with Gasteiger partial charge < -0.3 is 9.32 Å². The van der Waals surface area contributed by atoms with Crippen molar-refractivity contribution in [3.05, 3.63) is 17.5 Å². The summed E-state index contributed by atoms with van der Waals surface area (Å²) in [4.78, 5) is 9.98. The summed E-state index contributed by atoms with van der Waals surface area (Å²) in [6.45, 7) is 1.88. The number of nitrogens with zero attached hydrogens (tertiary/aromatic N) is 1. The van der Waals surface area contributed by atoms with Gasteiger partial charge in [-0.25, -0.2) is 0 Å². The molecule has 0 saturated heterocycles. The molecular formula is C8H11NO2. The van der Waals surface area contributed by atoms with Crippen LogP contribution in [0.1, 0.15) is 24.2 Å².